The molecule has 0 aliphatic rings. The largest absolute Gasteiger partial charge is 0.369 e. The Hall–Kier alpha value is -2.01. The van der Waals surface area contributed by atoms with Gasteiger partial charge >= 0.3 is 0 Å². The monoisotopic (exact) mass is 261 g/mol. The van der Waals surface area contributed by atoms with E-state index in [-0.39, 0.29) is 0 Å². The Morgan fingerprint density at radius 1 is 1.33 bits per heavy atom. The molecule has 0 unspecified atom stereocenters. The maximum Gasteiger partial charge on any atom is 0.206 e. The first-order valence-electron chi connectivity index (χ1n) is 5.51. The number of para-hydroxylation sites is 1. The van der Waals surface area contributed by atoms with Crippen molar-refractivity contribution in [3.8, 4) is 5.69 Å². The summed E-state index contributed by atoms with van der Waals surface area (Å²) in [7, 11) is 1.87. The minimum Gasteiger partial charge on any atom is -0.369 e. The Morgan fingerprint density at radius 2 is 2.11 bits per heavy atom. The zero-order valence-corrected chi connectivity index (χ0v) is 10.8. The van der Waals surface area contributed by atoms with Gasteiger partial charge in [-0.1, -0.05) is 17.7 Å². The van der Waals surface area contributed by atoms with Crippen LogP contribution in [0.4, 0.5) is 5.95 Å². The predicted molar refractivity (Wildman–Crippen MR) is 72.0 cm³/mol. The van der Waals surface area contributed by atoms with Crippen molar-refractivity contribution < 1.29 is 0 Å². The number of halogens is 1. The third kappa shape index (κ3) is 1.48. The van der Waals surface area contributed by atoms with Crippen LogP contribution in [-0.2, 0) is 7.05 Å². The van der Waals surface area contributed by atoms with E-state index in [1.807, 2.05) is 36.9 Å². The lowest BCUT2D eigenvalue weighted by molar-refractivity contribution is 0.756. The van der Waals surface area contributed by atoms with E-state index >= 15 is 0 Å². The van der Waals surface area contributed by atoms with Crippen LogP contribution in [0.5, 0.6) is 0 Å². The smallest absolute Gasteiger partial charge is 0.206 e. The van der Waals surface area contributed by atoms with Gasteiger partial charge in [0.15, 0.2) is 0 Å². The number of nitrogens with zero attached hydrogens (tertiary/aromatic N) is 4. The summed E-state index contributed by atoms with van der Waals surface area (Å²) in [4.78, 5) is 4.31. The van der Waals surface area contributed by atoms with Gasteiger partial charge in [0.1, 0.15) is 5.52 Å². The molecule has 0 fully saturated rings. The highest BCUT2D eigenvalue weighted by atomic mass is 35.5. The summed E-state index contributed by atoms with van der Waals surface area (Å²) in [6.07, 6.45) is 1.91. The summed E-state index contributed by atoms with van der Waals surface area (Å²) in [5.74, 6) is 0.411. The number of hydrogen-bond acceptors (Lipinski definition) is 3. The highest BCUT2D eigenvalue weighted by Crippen LogP contribution is 2.28. The Labute approximate surface area is 109 Å². The van der Waals surface area contributed by atoms with Gasteiger partial charge in [-0.15, -0.1) is 0 Å². The Kier molecular flexibility index (Phi) is 2.31. The number of benzene rings is 1. The lowest BCUT2D eigenvalue weighted by Gasteiger charge is -2.04. The van der Waals surface area contributed by atoms with Gasteiger partial charge in [0.2, 0.25) is 5.95 Å². The molecule has 2 heterocycles. The molecular weight excluding hydrogens is 250 g/mol. The molecule has 2 aromatic heterocycles. The van der Waals surface area contributed by atoms with Crippen LogP contribution in [-0.4, -0.2) is 19.3 Å². The van der Waals surface area contributed by atoms with Crippen molar-refractivity contribution in [2.45, 2.75) is 6.92 Å². The number of nitrogens with two attached hydrogens (primary N) is 1. The topological polar surface area (TPSA) is 61.7 Å². The van der Waals surface area contributed by atoms with E-state index < -0.39 is 0 Å². The molecule has 0 spiro atoms. The van der Waals surface area contributed by atoms with Crippen molar-refractivity contribution in [1.29, 1.82) is 0 Å². The molecule has 0 saturated carbocycles. The molecule has 18 heavy (non-hydrogen) atoms. The number of anilines is 1. The van der Waals surface area contributed by atoms with E-state index in [1.165, 1.54) is 0 Å². The van der Waals surface area contributed by atoms with Crippen molar-refractivity contribution in [3.63, 3.8) is 0 Å². The summed E-state index contributed by atoms with van der Waals surface area (Å²) in [5.41, 5.74) is 9.39. The second-order valence-electron chi connectivity index (χ2n) is 4.19. The fraction of sp³-hybridized carbons (Fsp3) is 0.167. The number of aryl methyl sites for hydroxylation is 2. The predicted octanol–water partition coefficient (Wildman–Crippen LogP) is 2.30. The van der Waals surface area contributed by atoms with Crippen LogP contribution in [0.1, 0.15) is 5.69 Å². The summed E-state index contributed by atoms with van der Waals surface area (Å²) in [5, 5.41) is 4.91. The number of imidazole rings is 1. The molecule has 3 aromatic rings. The van der Waals surface area contributed by atoms with Crippen molar-refractivity contribution in [2.75, 3.05) is 5.73 Å². The van der Waals surface area contributed by atoms with Gasteiger partial charge in [-0.3, -0.25) is 9.25 Å². The van der Waals surface area contributed by atoms with E-state index in [0.717, 1.165) is 16.9 Å². The van der Waals surface area contributed by atoms with Crippen LogP contribution >= 0.6 is 11.6 Å². The molecule has 92 valence electrons. The quantitative estimate of drug-likeness (QED) is 0.731. The molecule has 5 nitrogen and oxygen atoms in total. The normalized spacial score (nSPS) is 11.3. The molecule has 0 aliphatic carbocycles. The van der Waals surface area contributed by atoms with Crippen LogP contribution < -0.4 is 5.73 Å². The van der Waals surface area contributed by atoms with Crippen molar-refractivity contribution >= 4 is 28.6 Å². The molecule has 2 N–H and O–H groups in total. The molecule has 3 rings (SSSR count). The molecule has 0 bridgehead atoms. The fourth-order valence-electron chi connectivity index (χ4n) is 2.14. The summed E-state index contributed by atoms with van der Waals surface area (Å²) in [6.45, 7) is 1.94. The first-order valence-corrected chi connectivity index (χ1v) is 5.89. The number of hydrogen-bond donors (Lipinski definition) is 1. The number of nitrogen functional groups attached to an aromatic ring is 1. The lowest BCUT2D eigenvalue weighted by atomic mass is 10.3. The molecule has 6 heteroatoms. The first-order chi connectivity index (χ1) is 8.58. The van der Waals surface area contributed by atoms with Crippen molar-refractivity contribution in [1.82, 2.24) is 19.3 Å². The van der Waals surface area contributed by atoms with Crippen LogP contribution in [0.15, 0.2) is 24.4 Å². The Bertz CT molecular complexity index is 740. The van der Waals surface area contributed by atoms with Gasteiger partial charge < -0.3 is 5.73 Å². The third-order valence-electron chi connectivity index (χ3n) is 2.89. The third-order valence-corrected chi connectivity index (χ3v) is 3.20. The Balaban J connectivity index is 2.39. The summed E-state index contributed by atoms with van der Waals surface area (Å²) < 4.78 is 3.62. The number of aromatic nitrogens is 4. The SMILES string of the molecule is Cc1nn(C)cc1-n1c(N)nc2c(Cl)cccc21. The van der Waals surface area contributed by atoms with E-state index in [4.69, 9.17) is 17.3 Å². The van der Waals surface area contributed by atoms with Crippen molar-refractivity contribution in [2.24, 2.45) is 7.05 Å². The zero-order valence-electron chi connectivity index (χ0n) is 10.1. The van der Waals surface area contributed by atoms with E-state index in [0.29, 0.717) is 16.5 Å². The van der Waals surface area contributed by atoms with Crippen LogP contribution in [0, 0.1) is 6.92 Å². The molecule has 0 atom stereocenters. The molecular formula is C12H12ClN5. The van der Waals surface area contributed by atoms with Gasteiger partial charge in [-0.25, -0.2) is 4.98 Å². The summed E-state index contributed by atoms with van der Waals surface area (Å²) >= 11 is 6.12. The maximum absolute atomic E-state index is 6.12. The van der Waals surface area contributed by atoms with E-state index in [9.17, 15) is 0 Å². The fourth-order valence-corrected chi connectivity index (χ4v) is 2.35. The lowest BCUT2D eigenvalue weighted by Crippen LogP contribution is -2.00. The van der Waals surface area contributed by atoms with Crippen LogP contribution in [0.25, 0.3) is 16.7 Å². The minimum atomic E-state index is 0.411. The number of fused-ring (bicyclic) bond motifs is 1. The molecule has 1 aromatic carbocycles. The average Bonchev–Trinajstić information content (AvgIpc) is 2.79. The van der Waals surface area contributed by atoms with Gasteiger partial charge in [0.05, 0.1) is 21.9 Å². The van der Waals surface area contributed by atoms with Crippen LogP contribution in [0.2, 0.25) is 5.02 Å². The van der Waals surface area contributed by atoms with Crippen LogP contribution in [0.3, 0.4) is 0 Å². The molecule has 0 saturated heterocycles. The van der Waals surface area contributed by atoms with E-state index in [1.54, 1.807) is 10.7 Å². The second-order valence-corrected chi connectivity index (χ2v) is 4.59. The standard InChI is InChI=1S/C12H12ClN5/c1-7-10(6-17(2)16-7)18-9-5-3-4-8(13)11(9)15-12(18)14/h3-6H,1-2H3,(H2,14,15). The van der Waals surface area contributed by atoms with E-state index in [2.05, 4.69) is 10.1 Å². The van der Waals surface area contributed by atoms with Gasteiger partial charge in [0.25, 0.3) is 0 Å². The second kappa shape index (κ2) is 3.74. The van der Waals surface area contributed by atoms with Crippen molar-refractivity contribution in [3.05, 3.63) is 35.1 Å². The van der Waals surface area contributed by atoms with Gasteiger partial charge in [-0.05, 0) is 19.1 Å². The highest BCUT2D eigenvalue weighted by molar-refractivity contribution is 6.35. The zero-order chi connectivity index (χ0) is 12.9. The average molecular weight is 262 g/mol. The summed E-state index contributed by atoms with van der Waals surface area (Å²) in [6, 6.07) is 5.63. The highest BCUT2D eigenvalue weighted by Gasteiger charge is 2.15. The van der Waals surface area contributed by atoms with Gasteiger partial charge in [0, 0.05) is 13.2 Å². The molecule has 0 radical (unpaired) electrons. The van der Waals surface area contributed by atoms with Gasteiger partial charge in [-0.2, -0.15) is 5.10 Å². The number of rotatable bonds is 1. The minimum absolute atomic E-state index is 0.411. The first kappa shape index (κ1) is 11.1. The Morgan fingerprint density at radius 3 is 2.78 bits per heavy atom. The maximum atomic E-state index is 6.12. The molecule has 0 aliphatic heterocycles. The molecule has 0 amide bonds.